The summed E-state index contributed by atoms with van der Waals surface area (Å²) in [4.78, 5) is 24.8. The highest BCUT2D eigenvalue weighted by Crippen LogP contribution is 2.22. The van der Waals surface area contributed by atoms with Gasteiger partial charge in [-0.05, 0) is 67.1 Å². The van der Waals surface area contributed by atoms with Crippen LogP contribution in [0.5, 0.6) is 5.75 Å². The smallest absolute Gasteiger partial charge is 0.271 e. The van der Waals surface area contributed by atoms with Crippen LogP contribution in [0, 0.1) is 0 Å². The van der Waals surface area contributed by atoms with E-state index < -0.39 is 0 Å². The topological polar surface area (TPSA) is 79.8 Å². The minimum Gasteiger partial charge on any atom is -0.497 e. The monoisotopic (exact) mass is 455 g/mol. The maximum absolute atomic E-state index is 12.5. The Bertz CT molecular complexity index is 1150. The van der Waals surface area contributed by atoms with Gasteiger partial charge in [0.1, 0.15) is 5.75 Å². The number of ether oxygens (including phenoxy) is 1. The molecule has 31 heavy (non-hydrogen) atoms. The Balaban J connectivity index is 1.69. The maximum atomic E-state index is 12.5. The van der Waals surface area contributed by atoms with Gasteiger partial charge in [-0.3, -0.25) is 9.59 Å². The van der Waals surface area contributed by atoms with E-state index in [0.29, 0.717) is 33.3 Å². The highest BCUT2D eigenvalue weighted by Gasteiger charge is 2.12. The Kier molecular flexibility index (Phi) is 7.28. The van der Waals surface area contributed by atoms with Crippen molar-refractivity contribution in [2.24, 2.45) is 5.10 Å². The SMILES string of the molecule is COc1ccc(C(=O)N/N=C(\C)c2cccc(NC(=O)c3ccc(Cl)cc3Cl)c2)cc1. The van der Waals surface area contributed by atoms with E-state index in [9.17, 15) is 9.59 Å². The molecule has 0 bridgehead atoms. The lowest BCUT2D eigenvalue weighted by Gasteiger charge is -2.09. The van der Waals surface area contributed by atoms with E-state index in [4.69, 9.17) is 27.9 Å². The number of rotatable bonds is 6. The number of halogens is 2. The van der Waals surface area contributed by atoms with Crippen molar-refractivity contribution in [3.63, 3.8) is 0 Å². The number of hydrogen-bond donors (Lipinski definition) is 2. The summed E-state index contributed by atoms with van der Waals surface area (Å²) in [5.41, 5.74) is 5.16. The molecule has 0 atom stereocenters. The van der Waals surface area contributed by atoms with Gasteiger partial charge in [-0.2, -0.15) is 5.10 Å². The number of hydrazone groups is 1. The van der Waals surface area contributed by atoms with Gasteiger partial charge in [0.05, 0.1) is 23.4 Å². The van der Waals surface area contributed by atoms with Crippen LogP contribution in [-0.2, 0) is 0 Å². The van der Waals surface area contributed by atoms with E-state index in [2.05, 4.69) is 15.8 Å². The number of nitrogens with zero attached hydrogens (tertiary/aromatic N) is 1. The zero-order valence-corrected chi connectivity index (χ0v) is 18.3. The van der Waals surface area contributed by atoms with E-state index in [-0.39, 0.29) is 16.8 Å². The van der Waals surface area contributed by atoms with Crippen molar-refractivity contribution >= 4 is 46.4 Å². The van der Waals surface area contributed by atoms with Gasteiger partial charge in [0.15, 0.2) is 0 Å². The second-order valence-electron chi connectivity index (χ2n) is 6.53. The first-order valence-electron chi connectivity index (χ1n) is 9.23. The van der Waals surface area contributed by atoms with Crippen LogP contribution in [0.3, 0.4) is 0 Å². The van der Waals surface area contributed by atoms with Crippen LogP contribution < -0.4 is 15.5 Å². The Morgan fingerprint density at radius 1 is 0.903 bits per heavy atom. The van der Waals surface area contributed by atoms with Crippen molar-refractivity contribution in [1.29, 1.82) is 0 Å². The van der Waals surface area contributed by atoms with Crippen LogP contribution in [0.1, 0.15) is 33.2 Å². The van der Waals surface area contributed by atoms with Gasteiger partial charge in [-0.25, -0.2) is 5.43 Å². The Morgan fingerprint density at radius 2 is 1.65 bits per heavy atom. The fourth-order valence-electron chi connectivity index (χ4n) is 2.70. The number of benzene rings is 3. The maximum Gasteiger partial charge on any atom is 0.271 e. The molecule has 158 valence electrons. The fourth-order valence-corrected chi connectivity index (χ4v) is 3.19. The molecule has 0 radical (unpaired) electrons. The van der Waals surface area contributed by atoms with E-state index in [0.717, 1.165) is 5.56 Å². The number of methoxy groups -OCH3 is 1. The van der Waals surface area contributed by atoms with Gasteiger partial charge in [-0.15, -0.1) is 0 Å². The molecule has 0 spiro atoms. The summed E-state index contributed by atoms with van der Waals surface area (Å²) in [5, 5.41) is 7.66. The molecule has 0 fully saturated rings. The first kappa shape index (κ1) is 22.3. The van der Waals surface area contributed by atoms with Crippen LogP contribution in [0.25, 0.3) is 0 Å². The van der Waals surface area contributed by atoms with Gasteiger partial charge in [0.2, 0.25) is 0 Å². The molecule has 2 N–H and O–H groups in total. The van der Waals surface area contributed by atoms with E-state index in [1.54, 1.807) is 68.6 Å². The van der Waals surface area contributed by atoms with Crippen LogP contribution in [0.15, 0.2) is 71.8 Å². The van der Waals surface area contributed by atoms with Gasteiger partial charge in [-0.1, -0.05) is 35.3 Å². The molecule has 3 rings (SSSR count). The van der Waals surface area contributed by atoms with Crippen molar-refractivity contribution in [3.8, 4) is 5.75 Å². The highest BCUT2D eigenvalue weighted by molar-refractivity contribution is 6.37. The van der Waals surface area contributed by atoms with Crippen molar-refractivity contribution in [1.82, 2.24) is 5.43 Å². The number of amides is 2. The van der Waals surface area contributed by atoms with Crippen molar-refractivity contribution in [3.05, 3.63) is 93.5 Å². The Labute approximate surface area is 189 Å². The number of carbonyl (C=O) groups is 2. The van der Waals surface area contributed by atoms with E-state index in [1.165, 1.54) is 6.07 Å². The zero-order chi connectivity index (χ0) is 22.4. The second-order valence-corrected chi connectivity index (χ2v) is 7.37. The highest BCUT2D eigenvalue weighted by atomic mass is 35.5. The van der Waals surface area contributed by atoms with Gasteiger partial charge >= 0.3 is 0 Å². The van der Waals surface area contributed by atoms with Crippen molar-refractivity contribution in [2.75, 3.05) is 12.4 Å². The van der Waals surface area contributed by atoms with Crippen LogP contribution in [-0.4, -0.2) is 24.6 Å². The zero-order valence-electron chi connectivity index (χ0n) is 16.8. The summed E-state index contributed by atoms with van der Waals surface area (Å²) >= 11 is 12.0. The van der Waals surface area contributed by atoms with Gasteiger partial charge in [0.25, 0.3) is 11.8 Å². The van der Waals surface area contributed by atoms with E-state index >= 15 is 0 Å². The molecule has 0 saturated carbocycles. The summed E-state index contributed by atoms with van der Waals surface area (Å²) in [6.45, 7) is 1.76. The molecule has 0 saturated heterocycles. The van der Waals surface area contributed by atoms with Crippen molar-refractivity contribution < 1.29 is 14.3 Å². The molecular weight excluding hydrogens is 437 g/mol. The van der Waals surface area contributed by atoms with Gasteiger partial charge in [0, 0.05) is 16.3 Å². The minimum absolute atomic E-state index is 0.264. The third kappa shape index (κ3) is 5.84. The molecule has 3 aromatic carbocycles. The van der Waals surface area contributed by atoms with Crippen molar-refractivity contribution in [2.45, 2.75) is 6.92 Å². The predicted molar refractivity (Wildman–Crippen MR) is 124 cm³/mol. The number of carbonyl (C=O) groups excluding carboxylic acids is 2. The molecular formula is C23H19Cl2N3O3. The molecule has 0 aliphatic rings. The Morgan fingerprint density at radius 3 is 2.32 bits per heavy atom. The second kappa shape index (κ2) is 10.1. The first-order chi connectivity index (χ1) is 14.9. The average molecular weight is 456 g/mol. The standard InChI is InChI=1S/C23H19Cl2N3O3/c1-14(27-28-22(29)15-6-9-19(31-2)10-7-15)16-4-3-5-18(12-16)26-23(30)20-11-8-17(24)13-21(20)25/h3-13H,1-2H3,(H,26,30)(H,28,29)/b27-14+. The number of nitrogens with one attached hydrogen (secondary N) is 2. The summed E-state index contributed by atoms with van der Waals surface area (Å²) in [5.74, 6) is -0.0416. The summed E-state index contributed by atoms with van der Waals surface area (Å²) < 4.78 is 5.08. The third-order valence-corrected chi connectivity index (χ3v) is 4.94. The molecule has 0 aromatic heterocycles. The molecule has 0 heterocycles. The largest absolute Gasteiger partial charge is 0.497 e. The summed E-state index contributed by atoms with van der Waals surface area (Å²) in [6, 6.07) is 18.5. The summed E-state index contributed by atoms with van der Waals surface area (Å²) in [6.07, 6.45) is 0. The molecule has 0 aliphatic carbocycles. The number of hydrogen-bond acceptors (Lipinski definition) is 4. The lowest BCUT2D eigenvalue weighted by atomic mass is 10.1. The molecule has 3 aromatic rings. The predicted octanol–water partition coefficient (Wildman–Crippen LogP) is 5.41. The van der Waals surface area contributed by atoms with E-state index in [1.807, 2.05) is 6.07 Å². The third-order valence-electron chi connectivity index (χ3n) is 4.39. The molecule has 0 aliphatic heterocycles. The fraction of sp³-hybridized carbons (Fsp3) is 0.0870. The minimum atomic E-state index is -0.360. The lowest BCUT2D eigenvalue weighted by Crippen LogP contribution is -2.19. The molecule has 2 amide bonds. The quantitative estimate of drug-likeness (QED) is 0.385. The summed E-state index contributed by atoms with van der Waals surface area (Å²) in [7, 11) is 1.56. The normalized spacial score (nSPS) is 11.0. The Hall–Kier alpha value is -3.35. The molecule has 6 nitrogen and oxygen atoms in total. The lowest BCUT2D eigenvalue weighted by molar-refractivity contribution is 0.0954. The molecule has 8 heteroatoms. The van der Waals surface area contributed by atoms with Crippen LogP contribution in [0.4, 0.5) is 5.69 Å². The first-order valence-corrected chi connectivity index (χ1v) is 9.98. The van der Waals surface area contributed by atoms with Crippen LogP contribution >= 0.6 is 23.2 Å². The van der Waals surface area contributed by atoms with Crippen LogP contribution in [0.2, 0.25) is 10.0 Å². The molecule has 0 unspecified atom stereocenters. The number of anilines is 1. The average Bonchev–Trinajstić information content (AvgIpc) is 2.77. The van der Waals surface area contributed by atoms with Gasteiger partial charge < -0.3 is 10.1 Å².